The van der Waals surface area contributed by atoms with Gasteiger partial charge >= 0.3 is 0 Å². The normalized spacial score (nSPS) is 21.6. The van der Waals surface area contributed by atoms with E-state index in [2.05, 4.69) is 10.1 Å². The summed E-state index contributed by atoms with van der Waals surface area (Å²) in [6, 6.07) is 3.22. The van der Waals surface area contributed by atoms with Crippen LogP contribution in [-0.2, 0) is 26.4 Å². The lowest BCUT2D eigenvalue weighted by Crippen LogP contribution is -2.28. The van der Waals surface area contributed by atoms with Gasteiger partial charge < -0.3 is 4.90 Å². The number of hydrogen-bond donors (Lipinski definition) is 0. The minimum absolute atomic E-state index is 0.115. The van der Waals surface area contributed by atoms with Gasteiger partial charge in [0.25, 0.3) is 0 Å². The van der Waals surface area contributed by atoms with Crippen molar-refractivity contribution in [2.45, 2.75) is 50.6 Å². The summed E-state index contributed by atoms with van der Waals surface area (Å²) < 4.78 is 52.5. The first-order chi connectivity index (χ1) is 14.6. The average molecular weight is 468 g/mol. The van der Waals surface area contributed by atoms with Gasteiger partial charge in [-0.1, -0.05) is 0 Å². The lowest BCUT2D eigenvalue weighted by Gasteiger charge is -2.20. The highest BCUT2D eigenvalue weighted by Gasteiger charge is 2.32. The van der Waals surface area contributed by atoms with Gasteiger partial charge in [-0.15, -0.1) is 0 Å². The van der Waals surface area contributed by atoms with Crippen LogP contribution in [0.15, 0.2) is 23.2 Å². The monoisotopic (exact) mass is 467 g/mol. The second-order valence-electron chi connectivity index (χ2n) is 8.47. The topological polar surface area (TPSA) is 105 Å². The number of hydrogen-bond acceptors (Lipinski definition) is 7. The largest absolute Gasteiger partial charge is 0.355 e. The number of pyridine rings is 1. The Morgan fingerprint density at radius 2 is 1.90 bits per heavy atom. The van der Waals surface area contributed by atoms with Gasteiger partial charge in [0.15, 0.2) is 9.84 Å². The second kappa shape index (κ2) is 8.18. The molecule has 2 aromatic rings. The number of sulfone groups is 1. The van der Waals surface area contributed by atoms with Crippen molar-refractivity contribution < 1.29 is 16.8 Å². The molecule has 1 atom stereocenters. The second-order valence-corrected chi connectivity index (χ2v) is 12.6. The lowest BCUT2D eigenvalue weighted by molar-refractivity contribution is 0.477. The van der Waals surface area contributed by atoms with Crippen molar-refractivity contribution in [3.8, 4) is 0 Å². The van der Waals surface area contributed by atoms with Crippen molar-refractivity contribution in [2.24, 2.45) is 0 Å². The van der Waals surface area contributed by atoms with Gasteiger partial charge in [0.1, 0.15) is 10.7 Å². The molecule has 2 saturated heterocycles. The minimum Gasteiger partial charge on any atom is -0.355 e. The molecular weight excluding hydrogens is 438 g/mol. The van der Waals surface area contributed by atoms with E-state index in [0.29, 0.717) is 31.9 Å². The zero-order valence-electron chi connectivity index (χ0n) is 18.2. The molecule has 4 heterocycles. The van der Waals surface area contributed by atoms with Crippen molar-refractivity contribution in [1.29, 1.82) is 0 Å². The first kappa shape index (κ1) is 22.2. The summed E-state index contributed by atoms with van der Waals surface area (Å²) in [6.07, 6.45) is 3.80. The molecule has 0 aromatic carbocycles. The van der Waals surface area contributed by atoms with Crippen LogP contribution in [0.4, 0.5) is 5.82 Å². The maximum atomic E-state index is 12.7. The summed E-state index contributed by atoms with van der Waals surface area (Å²) in [5, 5.41) is 4.62. The highest BCUT2D eigenvalue weighted by molar-refractivity contribution is 7.91. The number of anilines is 1. The van der Waals surface area contributed by atoms with Crippen molar-refractivity contribution in [2.75, 3.05) is 36.5 Å². The molecule has 9 nitrogen and oxygen atoms in total. The highest BCUT2D eigenvalue weighted by Crippen LogP contribution is 2.28. The highest BCUT2D eigenvalue weighted by atomic mass is 32.2. The first-order valence-corrected chi connectivity index (χ1v) is 13.8. The van der Waals surface area contributed by atoms with Crippen LogP contribution in [0.3, 0.4) is 0 Å². The Balaban J connectivity index is 1.50. The number of sulfonamides is 1. The van der Waals surface area contributed by atoms with Crippen LogP contribution in [0.25, 0.3) is 0 Å². The maximum absolute atomic E-state index is 12.7. The van der Waals surface area contributed by atoms with Crippen LogP contribution in [0.1, 0.15) is 42.3 Å². The van der Waals surface area contributed by atoms with E-state index in [-0.39, 0.29) is 22.4 Å². The number of aryl methyl sites for hydroxylation is 1. The molecule has 2 fully saturated rings. The number of rotatable bonds is 6. The lowest BCUT2D eigenvalue weighted by atomic mass is 10.1. The SMILES string of the molecule is Cc1nn([C@@H]2CCS(=O)(=O)C2)c(C)c1CN(C)c1ccc(S(=O)(=O)N2CCCC2)cn1. The zero-order valence-corrected chi connectivity index (χ0v) is 19.8. The molecule has 0 N–H and O–H groups in total. The Morgan fingerprint density at radius 3 is 2.48 bits per heavy atom. The van der Waals surface area contributed by atoms with Crippen LogP contribution >= 0.6 is 0 Å². The van der Waals surface area contributed by atoms with Crippen LogP contribution in [0.5, 0.6) is 0 Å². The molecule has 11 heteroatoms. The Kier molecular flexibility index (Phi) is 5.86. The third kappa shape index (κ3) is 4.35. The third-order valence-corrected chi connectivity index (χ3v) is 9.87. The zero-order chi connectivity index (χ0) is 22.4. The van der Waals surface area contributed by atoms with Crippen molar-refractivity contribution in [3.05, 3.63) is 35.3 Å². The molecule has 2 aromatic heterocycles. The molecule has 31 heavy (non-hydrogen) atoms. The van der Waals surface area contributed by atoms with Crippen molar-refractivity contribution >= 4 is 25.7 Å². The predicted octanol–water partition coefficient (Wildman–Crippen LogP) is 1.68. The summed E-state index contributed by atoms with van der Waals surface area (Å²) >= 11 is 0. The Labute approximate surface area is 184 Å². The van der Waals surface area contributed by atoms with Gasteiger partial charge in [0.2, 0.25) is 10.0 Å². The molecule has 0 bridgehead atoms. The van der Waals surface area contributed by atoms with Gasteiger partial charge in [0, 0.05) is 44.1 Å². The van der Waals surface area contributed by atoms with Crippen molar-refractivity contribution in [1.82, 2.24) is 19.1 Å². The van der Waals surface area contributed by atoms with E-state index >= 15 is 0 Å². The van der Waals surface area contributed by atoms with Crippen LogP contribution in [-0.4, -0.2) is 67.5 Å². The molecule has 2 aliphatic rings. The fourth-order valence-electron chi connectivity index (χ4n) is 4.40. The number of aromatic nitrogens is 3. The van der Waals surface area contributed by atoms with Crippen molar-refractivity contribution in [3.63, 3.8) is 0 Å². The Morgan fingerprint density at radius 1 is 1.19 bits per heavy atom. The van der Waals surface area contributed by atoms with Crippen LogP contribution in [0, 0.1) is 13.8 Å². The smallest absolute Gasteiger partial charge is 0.244 e. The predicted molar refractivity (Wildman–Crippen MR) is 118 cm³/mol. The van der Waals surface area contributed by atoms with E-state index in [4.69, 9.17) is 0 Å². The molecular formula is C20H29N5O4S2. The molecule has 0 amide bonds. The molecule has 170 valence electrons. The molecule has 0 radical (unpaired) electrons. The van der Waals surface area contributed by atoms with Gasteiger partial charge in [-0.25, -0.2) is 21.8 Å². The Bertz CT molecular complexity index is 1170. The van der Waals surface area contributed by atoms with Gasteiger partial charge in [-0.05, 0) is 45.2 Å². The third-order valence-electron chi connectivity index (χ3n) is 6.24. The van der Waals surface area contributed by atoms with E-state index in [1.165, 1.54) is 10.5 Å². The fourth-order valence-corrected chi connectivity index (χ4v) is 7.55. The molecule has 0 saturated carbocycles. The van der Waals surface area contributed by atoms with E-state index in [1.807, 2.05) is 30.5 Å². The molecule has 2 aliphatic heterocycles. The van der Waals surface area contributed by atoms with Crippen LogP contribution < -0.4 is 4.90 Å². The fraction of sp³-hybridized carbons (Fsp3) is 0.600. The summed E-state index contributed by atoms with van der Waals surface area (Å²) in [5.41, 5.74) is 2.85. The van der Waals surface area contributed by atoms with E-state index < -0.39 is 19.9 Å². The van der Waals surface area contributed by atoms with E-state index in [0.717, 1.165) is 29.8 Å². The summed E-state index contributed by atoms with van der Waals surface area (Å²) in [5.74, 6) is 1.01. The van der Waals surface area contributed by atoms with Gasteiger partial charge in [0.05, 0.1) is 23.2 Å². The summed E-state index contributed by atoms with van der Waals surface area (Å²) in [7, 11) is -4.57. The van der Waals surface area contributed by atoms with Gasteiger partial charge in [-0.2, -0.15) is 9.40 Å². The van der Waals surface area contributed by atoms with E-state index in [1.54, 1.807) is 12.1 Å². The Hall–Kier alpha value is -1.98. The average Bonchev–Trinajstić information content (AvgIpc) is 3.44. The molecule has 0 unspecified atom stereocenters. The quantitative estimate of drug-likeness (QED) is 0.636. The minimum atomic E-state index is -3.48. The standard InChI is InChI=1S/C20H29N5O4S2/c1-15-19(16(2)25(22-15)17-8-11-30(26,27)14-17)13-23(3)20-7-6-18(12-21-20)31(28,29)24-9-4-5-10-24/h6-7,12,17H,4-5,8-11,13-14H2,1-3H3/t17-/m1/s1. The first-order valence-electron chi connectivity index (χ1n) is 10.5. The summed E-state index contributed by atoms with van der Waals surface area (Å²) in [6.45, 7) is 5.56. The maximum Gasteiger partial charge on any atom is 0.244 e. The van der Waals surface area contributed by atoms with Gasteiger partial charge in [-0.3, -0.25) is 4.68 Å². The number of nitrogens with zero attached hydrogens (tertiary/aromatic N) is 5. The molecule has 4 rings (SSSR count). The molecule has 0 aliphatic carbocycles. The van der Waals surface area contributed by atoms with E-state index in [9.17, 15) is 16.8 Å². The molecule has 0 spiro atoms. The van der Waals surface area contributed by atoms with Crippen LogP contribution in [0.2, 0.25) is 0 Å². The summed E-state index contributed by atoms with van der Waals surface area (Å²) in [4.78, 5) is 6.55.